The normalized spacial score (nSPS) is 12.3. The van der Waals surface area contributed by atoms with E-state index in [9.17, 15) is 5.11 Å². The van der Waals surface area contributed by atoms with Gasteiger partial charge in [0.1, 0.15) is 5.75 Å². The molecule has 3 aromatic rings. The topological polar surface area (TPSA) is 54.4 Å². The van der Waals surface area contributed by atoms with E-state index >= 15 is 0 Å². The molecule has 0 saturated carbocycles. The van der Waals surface area contributed by atoms with Gasteiger partial charge >= 0.3 is 0 Å². The SMILES string of the molecule is COc1cccc(C(O)CNc2ccnc3ccsc23)c1. The lowest BCUT2D eigenvalue weighted by Crippen LogP contribution is -2.12. The number of fused-ring (bicyclic) bond motifs is 1. The predicted octanol–water partition coefficient (Wildman–Crippen LogP) is 3.45. The Balaban J connectivity index is 1.73. The number of anilines is 1. The van der Waals surface area contributed by atoms with Gasteiger partial charge in [-0.15, -0.1) is 11.3 Å². The van der Waals surface area contributed by atoms with E-state index in [2.05, 4.69) is 10.3 Å². The molecule has 0 saturated heterocycles. The number of hydrogen-bond donors (Lipinski definition) is 2. The second kappa shape index (κ2) is 6.11. The van der Waals surface area contributed by atoms with Crippen LogP contribution in [0.25, 0.3) is 10.2 Å². The zero-order valence-electron chi connectivity index (χ0n) is 11.6. The van der Waals surface area contributed by atoms with E-state index in [4.69, 9.17) is 4.74 Å². The third kappa shape index (κ3) is 2.99. The molecule has 0 aliphatic heterocycles. The van der Waals surface area contributed by atoms with Crippen molar-refractivity contribution in [3.8, 4) is 5.75 Å². The van der Waals surface area contributed by atoms with Gasteiger partial charge in [-0.25, -0.2) is 0 Å². The second-order valence-electron chi connectivity index (χ2n) is 4.67. The number of rotatable bonds is 5. The van der Waals surface area contributed by atoms with Crippen LogP contribution in [-0.2, 0) is 0 Å². The zero-order chi connectivity index (χ0) is 14.7. The van der Waals surface area contributed by atoms with Crippen LogP contribution in [0.1, 0.15) is 11.7 Å². The molecule has 0 fully saturated rings. The summed E-state index contributed by atoms with van der Waals surface area (Å²) < 4.78 is 6.28. The van der Waals surface area contributed by atoms with Crippen molar-refractivity contribution in [2.75, 3.05) is 19.0 Å². The molecule has 0 bridgehead atoms. The molecule has 21 heavy (non-hydrogen) atoms. The lowest BCUT2D eigenvalue weighted by Gasteiger charge is -2.14. The van der Waals surface area contributed by atoms with Crippen LogP contribution in [0.3, 0.4) is 0 Å². The van der Waals surface area contributed by atoms with Crippen LogP contribution in [0.2, 0.25) is 0 Å². The monoisotopic (exact) mass is 300 g/mol. The molecule has 2 aromatic heterocycles. The van der Waals surface area contributed by atoms with Gasteiger partial charge in [0, 0.05) is 12.7 Å². The summed E-state index contributed by atoms with van der Waals surface area (Å²) in [5.41, 5.74) is 2.80. The highest BCUT2D eigenvalue weighted by Crippen LogP contribution is 2.27. The Morgan fingerprint density at radius 2 is 2.24 bits per heavy atom. The summed E-state index contributed by atoms with van der Waals surface area (Å²) in [6.07, 6.45) is 1.18. The van der Waals surface area contributed by atoms with Crippen LogP contribution in [0.15, 0.2) is 48.0 Å². The molecule has 0 amide bonds. The van der Waals surface area contributed by atoms with Gasteiger partial charge in [-0.2, -0.15) is 0 Å². The third-order valence-electron chi connectivity index (χ3n) is 3.31. The minimum absolute atomic E-state index is 0.435. The number of hydrogen-bond acceptors (Lipinski definition) is 5. The molecule has 2 N–H and O–H groups in total. The van der Waals surface area contributed by atoms with Crippen LogP contribution < -0.4 is 10.1 Å². The van der Waals surface area contributed by atoms with E-state index in [0.717, 1.165) is 27.2 Å². The first kappa shape index (κ1) is 13.9. The van der Waals surface area contributed by atoms with Gasteiger partial charge < -0.3 is 15.2 Å². The molecule has 0 spiro atoms. The van der Waals surface area contributed by atoms with E-state index in [1.54, 1.807) is 24.6 Å². The first-order valence-electron chi connectivity index (χ1n) is 6.66. The van der Waals surface area contributed by atoms with Gasteiger partial charge in [-0.1, -0.05) is 12.1 Å². The molecule has 4 nitrogen and oxygen atoms in total. The Morgan fingerprint density at radius 3 is 3.10 bits per heavy atom. The summed E-state index contributed by atoms with van der Waals surface area (Å²) >= 11 is 1.64. The predicted molar refractivity (Wildman–Crippen MR) is 86.1 cm³/mol. The maximum absolute atomic E-state index is 10.3. The molecule has 5 heteroatoms. The number of thiophene rings is 1. The minimum Gasteiger partial charge on any atom is -0.497 e. The fraction of sp³-hybridized carbons (Fsp3) is 0.188. The standard InChI is InChI=1S/C16H16N2O2S/c1-20-12-4-2-3-11(9-12)15(19)10-18-13-5-7-17-14-6-8-21-16(13)14/h2-9,15,19H,10H2,1H3,(H,17,18). The van der Waals surface area contributed by atoms with Gasteiger partial charge in [-0.05, 0) is 35.2 Å². The van der Waals surface area contributed by atoms with E-state index < -0.39 is 6.10 Å². The lowest BCUT2D eigenvalue weighted by molar-refractivity contribution is 0.191. The largest absolute Gasteiger partial charge is 0.497 e. The number of benzene rings is 1. The van der Waals surface area contributed by atoms with Crippen molar-refractivity contribution in [2.45, 2.75) is 6.10 Å². The first-order valence-corrected chi connectivity index (χ1v) is 7.54. The van der Waals surface area contributed by atoms with Crippen LogP contribution in [0.5, 0.6) is 5.75 Å². The van der Waals surface area contributed by atoms with E-state index in [0.29, 0.717) is 6.54 Å². The lowest BCUT2D eigenvalue weighted by atomic mass is 10.1. The van der Waals surface area contributed by atoms with E-state index in [1.807, 2.05) is 41.8 Å². The minimum atomic E-state index is -0.594. The Bertz CT molecular complexity index is 742. The number of aliphatic hydroxyl groups excluding tert-OH is 1. The van der Waals surface area contributed by atoms with E-state index in [-0.39, 0.29) is 0 Å². The van der Waals surface area contributed by atoms with Crippen molar-refractivity contribution in [1.82, 2.24) is 4.98 Å². The number of pyridine rings is 1. The first-order chi connectivity index (χ1) is 10.3. The summed E-state index contributed by atoms with van der Waals surface area (Å²) in [7, 11) is 1.62. The zero-order valence-corrected chi connectivity index (χ0v) is 12.4. The van der Waals surface area contributed by atoms with Crippen molar-refractivity contribution in [2.24, 2.45) is 0 Å². The molecule has 3 rings (SSSR count). The summed E-state index contributed by atoms with van der Waals surface area (Å²) in [5.74, 6) is 0.746. The molecule has 0 aliphatic carbocycles. The highest BCUT2D eigenvalue weighted by atomic mass is 32.1. The molecule has 0 aliphatic rings. The molecular formula is C16H16N2O2S. The van der Waals surface area contributed by atoms with Crippen molar-refractivity contribution in [3.05, 3.63) is 53.5 Å². The molecule has 1 aromatic carbocycles. The average Bonchev–Trinajstić information content (AvgIpc) is 3.01. The summed E-state index contributed by atoms with van der Waals surface area (Å²) in [6, 6.07) is 11.4. The maximum atomic E-state index is 10.3. The fourth-order valence-corrected chi connectivity index (χ4v) is 3.03. The molecule has 108 valence electrons. The van der Waals surface area contributed by atoms with Crippen LogP contribution in [0.4, 0.5) is 5.69 Å². The number of ether oxygens (including phenoxy) is 1. The Labute approximate surface area is 127 Å². The smallest absolute Gasteiger partial charge is 0.119 e. The number of nitrogens with zero attached hydrogens (tertiary/aromatic N) is 1. The van der Waals surface area contributed by atoms with Crippen LogP contribution >= 0.6 is 11.3 Å². The quantitative estimate of drug-likeness (QED) is 0.758. The fourth-order valence-electron chi connectivity index (χ4n) is 2.19. The molecule has 2 heterocycles. The highest BCUT2D eigenvalue weighted by molar-refractivity contribution is 7.17. The van der Waals surface area contributed by atoms with Gasteiger partial charge in [0.2, 0.25) is 0 Å². The second-order valence-corrected chi connectivity index (χ2v) is 5.58. The van der Waals surface area contributed by atoms with Crippen molar-refractivity contribution >= 4 is 27.2 Å². The highest BCUT2D eigenvalue weighted by Gasteiger charge is 2.10. The maximum Gasteiger partial charge on any atom is 0.119 e. The van der Waals surface area contributed by atoms with Crippen molar-refractivity contribution < 1.29 is 9.84 Å². The van der Waals surface area contributed by atoms with Crippen molar-refractivity contribution in [3.63, 3.8) is 0 Å². The molecule has 0 radical (unpaired) electrons. The van der Waals surface area contributed by atoms with E-state index in [1.165, 1.54) is 0 Å². The average molecular weight is 300 g/mol. The van der Waals surface area contributed by atoms with Gasteiger partial charge in [0.05, 0.1) is 29.1 Å². The number of nitrogens with one attached hydrogen (secondary N) is 1. The van der Waals surface area contributed by atoms with Crippen molar-refractivity contribution in [1.29, 1.82) is 0 Å². The van der Waals surface area contributed by atoms with Gasteiger partial charge in [-0.3, -0.25) is 4.98 Å². The Hall–Kier alpha value is -2.11. The van der Waals surface area contributed by atoms with Crippen LogP contribution in [0, 0.1) is 0 Å². The summed E-state index contributed by atoms with van der Waals surface area (Å²) in [6.45, 7) is 0.435. The summed E-state index contributed by atoms with van der Waals surface area (Å²) in [5, 5.41) is 15.6. The third-order valence-corrected chi connectivity index (χ3v) is 4.25. The Kier molecular flexibility index (Phi) is 4.03. The Morgan fingerprint density at radius 1 is 1.33 bits per heavy atom. The number of aromatic nitrogens is 1. The molecule has 1 atom stereocenters. The van der Waals surface area contributed by atoms with Gasteiger partial charge in [0.25, 0.3) is 0 Å². The van der Waals surface area contributed by atoms with Gasteiger partial charge in [0.15, 0.2) is 0 Å². The number of methoxy groups -OCH3 is 1. The molecular weight excluding hydrogens is 284 g/mol. The number of aliphatic hydroxyl groups is 1. The van der Waals surface area contributed by atoms with Crippen LogP contribution in [-0.4, -0.2) is 23.7 Å². The summed E-state index contributed by atoms with van der Waals surface area (Å²) in [4.78, 5) is 4.30. The molecule has 1 unspecified atom stereocenters.